The number of anilines is 2. The van der Waals surface area contributed by atoms with Gasteiger partial charge in [0.25, 0.3) is 0 Å². The minimum absolute atomic E-state index is 0.139. The van der Waals surface area contributed by atoms with Crippen LogP contribution in [0.3, 0.4) is 0 Å². The molecule has 202 valence electrons. The maximum atomic E-state index is 12.9. The van der Waals surface area contributed by atoms with E-state index in [1.54, 1.807) is 6.92 Å². The molecule has 0 saturated heterocycles. The SMILES string of the molecule is CCOC(=O)c1c(NC(=O)CCSc2nnc(CNc3cccc(C)c3)n2-c2ccccc2)sc2c1CCC2. The molecule has 4 aromatic rings. The molecule has 0 atom stereocenters. The molecule has 2 aromatic heterocycles. The van der Waals surface area contributed by atoms with Gasteiger partial charge >= 0.3 is 5.97 Å². The Morgan fingerprint density at radius 3 is 2.74 bits per heavy atom. The highest BCUT2D eigenvalue weighted by Gasteiger charge is 2.28. The number of nitrogens with one attached hydrogen (secondary N) is 2. The van der Waals surface area contributed by atoms with Gasteiger partial charge in [-0.1, -0.05) is 42.1 Å². The number of aryl methyl sites for hydroxylation is 2. The summed E-state index contributed by atoms with van der Waals surface area (Å²) in [5.41, 5.74) is 4.73. The number of rotatable bonds is 11. The van der Waals surface area contributed by atoms with Crippen LogP contribution in [0.4, 0.5) is 10.7 Å². The van der Waals surface area contributed by atoms with Crippen molar-refractivity contribution in [2.45, 2.75) is 51.2 Å². The predicted octanol–water partition coefficient (Wildman–Crippen LogP) is 6.04. The Morgan fingerprint density at radius 2 is 1.95 bits per heavy atom. The molecule has 10 heteroatoms. The fourth-order valence-electron chi connectivity index (χ4n) is 4.62. The lowest BCUT2D eigenvalue weighted by Crippen LogP contribution is -2.15. The Morgan fingerprint density at radius 1 is 1.10 bits per heavy atom. The third-order valence-corrected chi connectivity index (χ3v) is 8.54. The van der Waals surface area contributed by atoms with E-state index in [-0.39, 0.29) is 18.3 Å². The van der Waals surface area contributed by atoms with Crippen molar-refractivity contribution in [1.29, 1.82) is 0 Å². The molecule has 0 unspecified atom stereocenters. The van der Waals surface area contributed by atoms with Crippen molar-refractivity contribution in [3.05, 3.63) is 82.0 Å². The van der Waals surface area contributed by atoms with E-state index in [9.17, 15) is 9.59 Å². The summed E-state index contributed by atoms with van der Waals surface area (Å²) in [7, 11) is 0. The molecule has 1 aliphatic carbocycles. The van der Waals surface area contributed by atoms with Crippen LogP contribution in [-0.4, -0.2) is 39.0 Å². The van der Waals surface area contributed by atoms with Crippen molar-refractivity contribution in [3.63, 3.8) is 0 Å². The predicted molar refractivity (Wildman–Crippen MR) is 156 cm³/mol. The normalized spacial score (nSPS) is 12.3. The summed E-state index contributed by atoms with van der Waals surface area (Å²) >= 11 is 2.98. The van der Waals surface area contributed by atoms with Gasteiger partial charge < -0.3 is 15.4 Å². The van der Waals surface area contributed by atoms with Gasteiger partial charge in [-0.2, -0.15) is 0 Å². The number of carbonyl (C=O) groups is 2. The summed E-state index contributed by atoms with van der Waals surface area (Å²) in [6, 6.07) is 18.2. The Labute approximate surface area is 236 Å². The van der Waals surface area contributed by atoms with Crippen LogP contribution < -0.4 is 10.6 Å². The molecule has 0 aliphatic heterocycles. The fourth-order valence-corrected chi connectivity index (χ4v) is 6.82. The summed E-state index contributed by atoms with van der Waals surface area (Å²) in [5.74, 6) is 0.799. The number of carbonyl (C=O) groups excluding carboxylic acids is 2. The summed E-state index contributed by atoms with van der Waals surface area (Å²) in [6.45, 7) is 4.66. The number of esters is 1. The summed E-state index contributed by atoms with van der Waals surface area (Å²) in [5, 5.41) is 16.6. The lowest BCUT2D eigenvalue weighted by Gasteiger charge is -2.12. The van der Waals surface area contributed by atoms with Crippen LogP contribution in [0, 0.1) is 6.92 Å². The van der Waals surface area contributed by atoms with Crippen LogP contribution in [-0.2, 0) is 28.9 Å². The van der Waals surface area contributed by atoms with E-state index < -0.39 is 0 Å². The zero-order chi connectivity index (χ0) is 27.2. The largest absolute Gasteiger partial charge is 0.462 e. The van der Waals surface area contributed by atoms with Crippen molar-refractivity contribution in [1.82, 2.24) is 14.8 Å². The Balaban J connectivity index is 1.25. The van der Waals surface area contributed by atoms with Crippen LogP contribution in [0.2, 0.25) is 0 Å². The molecule has 2 aromatic carbocycles. The first-order valence-corrected chi connectivity index (χ1v) is 14.9. The molecule has 0 spiro atoms. The second kappa shape index (κ2) is 12.5. The van der Waals surface area contributed by atoms with E-state index in [0.29, 0.717) is 29.5 Å². The highest BCUT2D eigenvalue weighted by atomic mass is 32.2. The number of hydrogen-bond acceptors (Lipinski definition) is 8. The van der Waals surface area contributed by atoms with Gasteiger partial charge in [0, 0.05) is 28.4 Å². The Hall–Kier alpha value is -3.63. The Bertz CT molecular complexity index is 1470. The van der Waals surface area contributed by atoms with Crippen molar-refractivity contribution >= 4 is 45.7 Å². The van der Waals surface area contributed by atoms with Gasteiger partial charge in [0.1, 0.15) is 5.00 Å². The van der Waals surface area contributed by atoms with Crippen LogP contribution in [0.25, 0.3) is 5.69 Å². The van der Waals surface area contributed by atoms with Crippen molar-refractivity contribution in [2.75, 3.05) is 23.0 Å². The van der Waals surface area contributed by atoms with Gasteiger partial charge in [-0.15, -0.1) is 21.5 Å². The number of fused-ring (bicyclic) bond motifs is 1. The monoisotopic (exact) mass is 561 g/mol. The molecule has 0 fully saturated rings. The van der Waals surface area contributed by atoms with E-state index in [1.807, 2.05) is 47.0 Å². The van der Waals surface area contributed by atoms with Crippen molar-refractivity contribution < 1.29 is 14.3 Å². The van der Waals surface area contributed by atoms with Crippen LogP contribution in [0.15, 0.2) is 59.8 Å². The topological polar surface area (TPSA) is 98.1 Å². The number of aromatic nitrogens is 3. The first kappa shape index (κ1) is 27.0. The minimum Gasteiger partial charge on any atom is -0.462 e. The number of ether oxygens (including phenoxy) is 1. The summed E-state index contributed by atoms with van der Waals surface area (Å²) < 4.78 is 7.30. The number of hydrogen-bond donors (Lipinski definition) is 2. The number of thiophene rings is 1. The molecule has 1 amide bonds. The van der Waals surface area contributed by atoms with Crippen LogP contribution >= 0.6 is 23.1 Å². The molecule has 2 heterocycles. The van der Waals surface area contributed by atoms with Gasteiger partial charge in [-0.25, -0.2) is 4.79 Å². The first-order valence-electron chi connectivity index (χ1n) is 13.1. The first-order chi connectivity index (χ1) is 19.0. The molecule has 39 heavy (non-hydrogen) atoms. The van der Waals surface area contributed by atoms with E-state index >= 15 is 0 Å². The number of nitrogens with zero attached hydrogens (tertiary/aromatic N) is 3. The smallest absolute Gasteiger partial charge is 0.341 e. The molecular formula is C29H31N5O3S2. The molecule has 0 saturated carbocycles. The highest BCUT2D eigenvalue weighted by molar-refractivity contribution is 7.99. The number of benzene rings is 2. The minimum atomic E-state index is -0.357. The molecule has 8 nitrogen and oxygen atoms in total. The number of thioether (sulfide) groups is 1. The quantitative estimate of drug-likeness (QED) is 0.170. The van der Waals surface area contributed by atoms with E-state index in [0.717, 1.165) is 47.2 Å². The zero-order valence-corrected chi connectivity index (χ0v) is 23.7. The van der Waals surface area contributed by atoms with Gasteiger partial charge in [0.05, 0.1) is 18.7 Å². The Kier molecular flexibility index (Phi) is 8.63. The molecule has 0 radical (unpaired) electrons. The number of para-hydroxylation sites is 1. The third-order valence-electron chi connectivity index (χ3n) is 6.40. The second-order valence-electron chi connectivity index (χ2n) is 9.22. The lowest BCUT2D eigenvalue weighted by molar-refractivity contribution is -0.115. The van der Waals surface area contributed by atoms with Crippen LogP contribution in [0.1, 0.15) is 52.0 Å². The van der Waals surface area contributed by atoms with Crippen molar-refractivity contribution in [3.8, 4) is 5.69 Å². The molecule has 1 aliphatic rings. The maximum Gasteiger partial charge on any atom is 0.341 e. The van der Waals surface area contributed by atoms with Crippen molar-refractivity contribution in [2.24, 2.45) is 0 Å². The average molecular weight is 562 g/mol. The lowest BCUT2D eigenvalue weighted by atomic mass is 10.1. The van der Waals surface area contributed by atoms with E-state index in [1.165, 1.54) is 33.5 Å². The fraction of sp³-hybridized carbons (Fsp3) is 0.310. The summed E-state index contributed by atoms with van der Waals surface area (Å²) in [4.78, 5) is 26.7. The molecule has 2 N–H and O–H groups in total. The van der Waals surface area contributed by atoms with Crippen LogP contribution in [0.5, 0.6) is 0 Å². The molecule has 0 bridgehead atoms. The van der Waals surface area contributed by atoms with Gasteiger partial charge in [0.2, 0.25) is 5.91 Å². The average Bonchev–Trinajstić information content (AvgIpc) is 3.63. The highest BCUT2D eigenvalue weighted by Crippen LogP contribution is 2.39. The zero-order valence-electron chi connectivity index (χ0n) is 22.0. The maximum absolute atomic E-state index is 12.9. The van der Waals surface area contributed by atoms with Gasteiger partial charge in [-0.05, 0) is 68.5 Å². The second-order valence-corrected chi connectivity index (χ2v) is 11.4. The number of amides is 1. The van der Waals surface area contributed by atoms with E-state index in [4.69, 9.17) is 4.74 Å². The van der Waals surface area contributed by atoms with Gasteiger partial charge in [0.15, 0.2) is 11.0 Å². The third kappa shape index (κ3) is 6.34. The van der Waals surface area contributed by atoms with Gasteiger partial charge in [-0.3, -0.25) is 9.36 Å². The standard InChI is InChI=1S/C29H31N5O3S2/c1-3-37-28(36)26-22-13-8-14-23(22)39-27(26)31-25(35)15-16-38-29-33-32-24(34(29)21-11-5-4-6-12-21)18-30-20-10-7-9-19(2)17-20/h4-7,9-12,17,30H,3,8,13-16,18H2,1-2H3,(H,31,35). The molecular weight excluding hydrogens is 530 g/mol. The molecule has 5 rings (SSSR count). The summed E-state index contributed by atoms with van der Waals surface area (Å²) in [6.07, 6.45) is 3.09. The van der Waals surface area contributed by atoms with E-state index in [2.05, 4.69) is 39.9 Å².